The van der Waals surface area contributed by atoms with Gasteiger partial charge in [0, 0.05) is 45.8 Å². The van der Waals surface area contributed by atoms with Gasteiger partial charge >= 0.3 is 0 Å². The van der Waals surface area contributed by atoms with E-state index in [1.165, 1.54) is 15.6 Å². The molecule has 43 heavy (non-hydrogen) atoms. The van der Waals surface area contributed by atoms with E-state index >= 15 is 0 Å². The molecule has 4 aliphatic rings. The molecule has 1 atom stereocenters. The lowest BCUT2D eigenvalue weighted by Gasteiger charge is -2.37. The number of aryl methyl sites for hydroxylation is 1. The van der Waals surface area contributed by atoms with Gasteiger partial charge in [-0.25, -0.2) is 18.4 Å². The number of nitrogens with one attached hydrogen (secondary N) is 1. The summed E-state index contributed by atoms with van der Waals surface area (Å²) in [7, 11) is -2.35. The van der Waals surface area contributed by atoms with Gasteiger partial charge in [0.1, 0.15) is 11.6 Å². The van der Waals surface area contributed by atoms with Crippen molar-refractivity contribution in [3.8, 4) is 10.4 Å². The van der Waals surface area contributed by atoms with Gasteiger partial charge in [-0.3, -0.25) is 14.5 Å². The molecule has 0 bridgehead atoms. The third kappa shape index (κ3) is 5.01. The second kappa shape index (κ2) is 10.7. The number of methoxy groups -OCH3 is 1. The summed E-state index contributed by atoms with van der Waals surface area (Å²) in [5.41, 5.74) is 2.46. The molecule has 11 nitrogen and oxygen atoms in total. The van der Waals surface area contributed by atoms with E-state index in [0.717, 1.165) is 35.4 Å². The molecule has 3 fully saturated rings. The van der Waals surface area contributed by atoms with Crippen molar-refractivity contribution < 1.29 is 22.7 Å². The predicted octanol–water partition coefficient (Wildman–Crippen LogP) is 4.16. The maximum Gasteiger partial charge on any atom is 0.256 e. The van der Waals surface area contributed by atoms with E-state index in [4.69, 9.17) is 9.72 Å². The number of benzene rings is 1. The van der Waals surface area contributed by atoms with Crippen LogP contribution in [0.3, 0.4) is 0 Å². The first-order valence-electron chi connectivity index (χ1n) is 14.7. The van der Waals surface area contributed by atoms with Crippen molar-refractivity contribution in [1.82, 2.24) is 19.2 Å². The molecule has 0 spiro atoms. The van der Waals surface area contributed by atoms with Gasteiger partial charge in [0.2, 0.25) is 15.9 Å². The monoisotopic (exact) mass is 622 g/mol. The van der Waals surface area contributed by atoms with Crippen molar-refractivity contribution >= 4 is 49.9 Å². The largest absolute Gasteiger partial charge is 0.379 e. The summed E-state index contributed by atoms with van der Waals surface area (Å²) in [4.78, 5) is 39.7. The fourth-order valence-corrected chi connectivity index (χ4v) is 8.90. The molecule has 13 heteroatoms. The molecular weight excluding hydrogens is 589 g/mol. The van der Waals surface area contributed by atoms with Crippen molar-refractivity contribution in [2.24, 2.45) is 5.92 Å². The smallest absolute Gasteiger partial charge is 0.256 e. The van der Waals surface area contributed by atoms with E-state index < -0.39 is 10.0 Å². The number of fused-ring (bicyclic) bond motifs is 1. The van der Waals surface area contributed by atoms with Crippen LogP contribution in [0.25, 0.3) is 10.4 Å². The van der Waals surface area contributed by atoms with Crippen LogP contribution in [-0.4, -0.2) is 78.3 Å². The average molecular weight is 623 g/mol. The molecule has 3 aliphatic heterocycles. The molecule has 1 N–H and O–H groups in total. The lowest BCUT2D eigenvalue weighted by Crippen LogP contribution is -2.54. The molecule has 0 unspecified atom stereocenters. The van der Waals surface area contributed by atoms with Crippen LogP contribution in [0, 0.1) is 12.8 Å². The van der Waals surface area contributed by atoms with E-state index in [1.54, 1.807) is 18.1 Å². The molecule has 2 amide bonds. The third-order valence-electron chi connectivity index (χ3n) is 8.94. The molecule has 5 heterocycles. The Labute approximate surface area is 254 Å². The van der Waals surface area contributed by atoms with Gasteiger partial charge in [-0.05, 0) is 74.4 Å². The van der Waals surface area contributed by atoms with E-state index in [1.807, 2.05) is 36.1 Å². The van der Waals surface area contributed by atoms with Crippen molar-refractivity contribution in [2.45, 2.75) is 63.1 Å². The minimum Gasteiger partial charge on any atom is -0.379 e. The van der Waals surface area contributed by atoms with Crippen LogP contribution >= 0.6 is 11.3 Å². The molecule has 0 radical (unpaired) electrons. The lowest BCUT2D eigenvalue weighted by atomic mass is 10.0. The van der Waals surface area contributed by atoms with Gasteiger partial charge in [0.05, 0.1) is 27.1 Å². The molecule has 2 saturated heterocycles. The first kappa shape index (κ1) is 28.4. The summed E-state index contributed by atoms with van der Waals surface area (Å²) < 4.78 is 34.6. The number of pyridine rings is 1. The average Bonchev–Trinajstić information content (AvgIpc) is 3.50. The highest BCUT2D eigenvalue weighted by Gasteiger charge is 2.44. The molecular formula is C30H34N6O5S2. The minimum absolute atomic E-state index is 0.0528. The fourth-order valence-electron chi connectivity index (χ4n) is 6.18. The highest BCUT2D eigenvalue weighted by molar-refractivity contribution is 7.89. The molecule has 3 aromatic rings. The maximum atomic E-state index is 13.9. The third-order valence-corrected chi connectivity index (χ3v) is 11.9. The van der Waals surface area contributed by atoms with Gasteiger partial charge in [0.25, 0.3) is 5.91 Å². The fraction of sp³-hybridized carbons (Fsp3) is 0.467. The van der Waals surface area contributed by atoms with Gasteiger partial charge in [-0.15, -0.1) is 0 Å². The molecule has 1 saturated carbocycles. The molecule has 7 rings (SSSR count). The van der Waals surface area contributed by atoms with Crippen LogP contribution in [-0.2, 0) is 26.1 Å². The van der Waals surface area contributed by atoms with Crippen LogP contribution in [0.1, 0.15) is 54.2 Å². The number of nitrogens with zero attached hydrogens (tertiary/aromatic N) is 5. The zero-order valence-corrected chi connectivity index (χ0v) is 26.0. The number of ether oxygens (including phenoxy) is 1. The number of hydrogen-bond acceptors (Lipinski definition) is 9. The Bertz CT molecular complexity index is 1730. The Morgan fingerprint density at radius 2 is 1.93 bits per heavy atom. The number of anilines is 3. The van der Waals surface area contributed by atoms with Crippen LogP contribution in [0.15, 0.2) is 35.2 Å². The van der Waals surface area contributed by atoms with Crippen molar-refractivity contribution in [3.05, 3.63) is 47.2 Å². The minimum atomic E-state index is -3.93. The summed E-state index contributed by atoms with van der Waals surface area (Å²) in [6, 6.07) is 9.14. The Kier molecular flexibility index (Phi) is 7.03. The zero-order chi connectivity index (χ0) is 30.0. The summed E-state index contributed by atoms with van der Waals surface area (Å²) in [5.74, 6) is 1.48. The van der Waals surface area contributed by atoms with Gasteiger partial charge in [-0.2, -0.15) is 4.31 Å². The molecule has 2 aromatic heterocycles. The number of rotatable bonds is 9. The summed E-state index contributed by atoms with van der Waals surface area (Å²) in [6.45, 7) is 5.51. The Hall–Kier alpha value is -3.39. The highest BCUT2D eigenvalue weighted by Crippen LogP contribution is 2.43. The number of thiazole rings is 1. The van der Waals surface area contributed by atoms with Crippen molar-refractivity contribution in [2.75, 3.05) is 37.0 Å². The number of aromatic nitrogens is 2. The second-order valence-corrected chi connectivity index (χ2v) is 14.7. The maximum absolute atomic E-state index is 13.9. The Morgan fingerprint density at radius 3 is 2.63 bits per heavy atom. The first-order valence-corrected chi connectivity index (χ1v) is 16.9. The van der Waals surface area contributed by atoms with Crippen molar-refractivity contribution in [3.63, 3.8) is 0 Å². The summed E-state index contributed by atoms with van der Waals surface area (Å²) in [5, 5.41) is 3.86. The summed E-state index contributed by atoms with van der Waals surface area (Å²) >= 11 is 1.40. The SMILES string of the molecule is COC1CN(S(=O)(=O)c2cc(-c3sc(Nc4cccc(N5CCCC5=O)n4)nc3C)cc3c2C(=O)N([C@@H](C)C2CC2)C3)C1. The van der Waals surface area contributed by atoms with Crippen LogP contribution in [0.4, 0.5) is 16.8 Å². The number of carbonyl (C=O) groups is 2. The highest BCUT2D eigenvalue weighted by atomic mass is 32.2. The zero-order valence-electron chi connectivity index (χ0n) is 24.4. The summed E-state index contributed by atoms with van der Waals surface area (Å²) in [6.07, 6.45) is 3.37. The van der Waals surface area contributed by atoms with Gasteiger partial charge in [0.15, 0.2) is 5.13 Å². The van der Waals surface area contributed by atoms with E-state index in [-0.39, 0.29) is 47.5 Å². The normalized spacial score (nSPS) is 20.1. The van der Waals surface area contributed by atoms with Gasteiger partial charge < -0.3 is 15.0 Å². The van der Waals surface area contributed by atoms with Crippen LogP contribution < -0.4 is 10.2 Å². The topological polar surface area (TPSA) is 125 Å². The predicted molar refractivity (Wildman–Crippen MR) is 163 cm³/mol. The number of carbonyl (C=O) groups excluding carboxylic acids is 2. The van der Waals surface area contributed by atoms with Crippen LogP contribution in [0.2, 0.25) is 0 Å². The van der Waals surface area contributed by atoms with Crippen molar-refractivity contribution in [1.29, 1.82) is 0 Å². The quantitative estimate of drug-likeness (QED) is 0.377. The number of amides is 2. The second-order valence-electron chi connectivity index (χ2n) is 11.8. The van der Waals surface area contributed by atoms with Crippen LogP contribution in [0.5, 0.6) is 0 Å². The number of sulfonamides is 1. The lowest BCUT2D eigenvalue weighted by molar-refractivity contribution is -0.117. The van der Waals surface area contributed by atoms with E-state index in [2.05, 4.69) is 17.2 Å². The number of hydrogen-bond donors (Lipinski definition) is 1. The Morgan fingerprint density at radius 1 is 1.14 bits per heavy atom. The van der Waals surface area contributed by atoms with E-state index in [0.29, 0.717) is 47.8 Å². The molecule has 1 aliphatic carbocycles. The molecule has 226 valence electrons. The van der Waals surface area contributed by atoms with E-state index in [9.17, 15) is 18.0 Å². The van der Waals surface area contributed by atoms with Gasteiger partial charge in [-0.1, -0.05) is 17.4 Å². The standard InChI is InChI=1S/C30H34N6O5S2/c1-17-28(42-30(31-17)33-24-6-4-7-25(32-24)35-11-5-8-26(35)37)20-12-21-14-36(18(2)19-9-10-19)29(38)27(21)23(13-20)43(39,40)34-15-22(16-34)41-3/h4,6-7,12-13,18-19,22H,5,8-11,14-16H2,1-3H3,(H,31,32,33)/t18-/m0/s1. The first-order chi connectivity index (χ1) is 20.6. The molecule has 1 aromatic carbocycles. The Balaban J connectivity index is 1.23.